The van der Waals surface area contributed by atoms with E-state index in [0.717, 1.165) is 25.1 Å². The van der Waals surface area contributed by atoms with Crippen LogP contribution in [0.4, 0.5) is 4.79 Å². The molecule has 6 heteroatoms. The lowest BCUT2D eigenvalue weighted by Crippen LogP contribution is -2.53. The average Bonchev–Trinajstić information content (AvgIpc) is 2.58. The summed E-state index contributed by atoms with van der Waals surface area (Å²) < 4.78 is 7.08. The third-order valence-electron chi connectivity index (χ3n) is 3.56. The zero-order valence-electron chi connectivity index (χ0n) is 13.6. The minimum absolute atomic E-state index is 0.215. The Balaban J connectivity index is 1.65. The number of nitrogens with one attached hydrogen (secondary N) is 2. The molecule has 1 saturated carbocycles. The molecule has 1 aliphatic carbocycles. The quantitative estimate of drug-likeness (QED) is 0.889. The van der Waals surface area contributed by atoms with E-state index >= 15 is 0 Å². The van der Waals surface area contributed by atoms with Crippen LogP contribution in [0.3, 0.4) is 0 Å². The maximum Gasteiger partial charge on any atom is 0.407 e. The van der Waals surface area contributed by atoms with Crippen LogP contribution in [0.2, 0.25) is 0 Å². The zero-order chi connectivity index (χ0) is 15.6. The van der Waals surface area contributed by atoms with Crippen LogP contribution in [0.1, 0.15) is 44.9 Å². The molecule has 0 aromatic carbocycles. The summed E-state index contributed by atoms with van der Waals surface area (Å²) in [5, 5.41) is 10.7. The van der Waals surface area contributed by atoms with Gasteiger partial charge in [-0.3, -0.25) is 4.68 Å². The summed E-state index contributed by atoms with van der Waals surface area (Å²) in [4.78, 5) is 11.6. The Labute approximate surface area is 126 Å². The van der Waals surface area contributed by atoms with Gasteiger partial charge in [0.2, 0.25) is 0 Å². The fourth-order valence-corrected chi connectivity index (χ4v) is 2.45. The van der Waals surface area contributed by atoms with Crippen molar-refractivity contribution < 1.29 is 9.53 Å². The molecule has 2 rings (SSSR count). The molecule has 0 unspecified atom stereocenters. The Kier molecular flexibility index (Phi) is 4.56. The monoisotopic (exact) mass is 294 g/mol. The van der Waals surface area contributed by atoms with E-state index in [-0.39, 0.29) is 12.1 Å². The number of hydrogen-bond acceptors (Lipinski definition) is 4. The smallest absolute Gasteiger partial charge is 0.407 e. The molecule has 0 aliphatic heterocycles. The van der Waals surface area contributed by atoms with Crippen molar-refractivity contribution in [1.29, 1.82) is 0 Å². The van der Waals surface area contributed by atoms with Crippen LogP contribution in [-0.4, -0.2) is 33.6 Å². The van der Waals surface area contributed by atoms with Gasteiger partial charge in [-0.05, 0) is 40.5 Å². The fourth-order valence-electron chi connectivity index (χ4n) is 2.45. The number of nitrogens with zero attached hydrogens (tertiary/aromatic N) is 2. The Hall–Kier alpha value is -1.56. The molecular weight excluding hydrogens is 268 g/mol. The molecule has 21 heavy (non-hydrogen) atoms. The summed E-state index contributed by atoms with van der Waals surface area (Å²) >= 11 is 0. The topological polar surface area (TPSA) is 68.2 Å². The number of ether oxygens (including phenoxy) is 1. The zero-order valence-corrected chi connectivity index (χ0v) is 13.6. The maximum absolute atomic E-state index is 11.6. The van der Waals surface area contributed by atoms with E-state index < -0.39 is 5.60 Å². The molecular formula is C15H26N4O2. The van der Waals surface area contributed by atoms with Crippen molar-refractivity contribution in [3.63, 3.8) is 0 Å². The van der Waals surface area contributed by atoms with Crippen LogP contribution in [0.15, 0.2) is 6.20 Å². The minimum atomic E-state index is -0.441. The molecule has 1 aliphatic rings. The highest BCUT2D eigenvalue weighted by Crippen LogP contribution is 2.21. The third-order valence-corrected chi connectivity index (χ3v) is 3.56. The van der Waals surface area contributed by atoms with Crippen LogP contribution >= 0.6 is 0 Å². The maximum atomic E-state index is 11.6. The van der Waals surface area contributed by atoms with Gasteiger partial charge in [0.05, 0.1) is 5.69 Å². The lowest BCUT2D eigenvalue weighted by Gasteiger charge is -2.36. The number of aryl methyl sites for hydroxylation is 2. The SMILES string of the molecule is Cc1nn(C)cc1CNC1CC(NC(=O)OC(C)(C)C)C1. The van der Waals surface area contributed by atoms with E-state index in [0.29, 0.717) is 6.04 Å². The van der Waals surface area contributed by atoms with Crippen LogP contribution in [0, 0.1) is 6.92 Å². The Morgan fingerprint density at radius 2 is 2.10 bits per heavy atom. The van der Waals surface area contributed by atoms with Crippen LogP contribution in [0.5, 0.6) is 0 Å². The third kappa shape index (κ3) is 4.74. The second-order valence-electron chi connectivity index (χ2n) is 6.81. The summed E-state index contributed by atoms with van der Waals surface area (Å²) in [7, 11) is 1.93. The van der Waals surface area contributed by atoms with Crippen molar-refractivity contribution in [3.8, 4) is 0 Å². The number of carbonyl (C=O) groups excluding carboxylic acids is 1. The first-order chi connectivity index (χ1) is 9.73. The van der Waals surface area contributed by atoms with Gasteiger partial charge in [-0.2, -0.15) is 5.10 Å². The van der Waals surface area contributed by atoms with Crippen molar-refractivity contribution in [2.24, 2.45) is 7.05 Å². The summed E-state index contributed by atoms with van der Waals surface area (Å²) in [6, 6.07) is 0.664. The van der Waals surface area contributed by atoms with E-state index in [2.05, 4.69) is 15.7 Å². The standard InChI is InChI=1S/C15H26N4O2/c1-10-11(9-19(5)18-10)8-16-12-6-13(7-12)17-14(20)21-15(2,3)4/h9,12-13,16H,6-8H2,1-5H3,(H,17,20). The van der Waals surface area contributed by atoms with E-state index in [4.69, 9.17) is 4.74 Å². The highest BCUT2D eigenvalue weighted by atomic mass is 16.6. The molecule has 1 amide bonds. The number of amides is 1. The van der Waals surface area contributed by atoms with Gasteiger partial charge < -0.3 is 15.4 Å². The van der Waals surface area contributed by atoms with Gasteiger partial charge in [0.15, 0.2) is 0 Å². The molecule has 0 saturated heterocycles. The fraction of sp³-hybridized carbons (Fsp3) is 0.733. The molecule has 0 spiro atoms. The van der Waals surface area contributed by atoms with Gasteiger partial charge in [0.1, 0.15) is 5.60 Å². The average molecular weight is 294 g/mol. The van der Waals surface area contributed by atoms with Gasteiger partial charge in [-0.1, -0.05) is 0 Å². The second kappa shape index (κ2) is 6.05. The molecule has 1 aromatic rings. The summed E-state index contributed by atoms with van der Waals surface area (Å²) in [6.45, 7) is 8.45. The van der Waals surface area contributed by atoms with Crippen molar-refractivity contribution in [2.75, 3.05) is 0 Å². The molecule has 0 radical (unpaired) electrons. The van der Waals surface area contributed by atoms with E-state index in [1.54, 1.807) is 0 Å². The highest BCUT2D eigenvalue weighted by Gasteiger charge is 2.31. The largest absolute Gasteiger partial charge is 0.444 e. The van der Waals surface area contributed by atoms with Crippen molar-refractivity contribution >= 4 is 6.09 Å². The number of rotatable bonds is 4. The van der Waals surface area contributed by atoms with Gasteiger partial charge >= 0.3 is 6.09 Å². The van der Waals surface area contributed by atoms with Gasteiger partial charge in [0.25, 0.3) is 0 Å². The van der Waals surface area contributed by atoms with Crippen LogP contribution in [0.25, 0.3) is 0 Å². The molecule has 0 bridgehead atoms. The predicted octanol–water partition coefficient (Wildman–Crippen LogP) is 1.87. The summed E-state index contributed by atoms with van der Waals surface area (Å²) in [5.41, 5.74) is 1.84. The highest BCUT2D eigenvalue weighted by molar-refractivity contribution is 5.68. The Bertz CT molecular complexity index is 498. The lowest BCUT2D eigenvalue weighted by molar-refractivity contribution is 0.0465. The second-order valence-corrected chi connectivity index (χ2v) is 6.81. The van der Waals surface area contributed by atoms with Crippen molar-refractivity contribution in [2.45, 2.75) is 64.8 Å². The predicted molar refractivity (Wildman–Crippen MR) is 81.0 cm³/mol. The molecule has 1 fully saturated rings. The first kappa shape index (κ1) is 15.8. The van der Waals surface area contributed by atoms with Gasteiger partial charge in [0, 0.05) is 37.4 Å². The summed E-state index contributed by atoms with van der Waals surface area (Å²) in [6.07, 6.45) is 3.60. The van der Waals surface area contributed by atoms with Crippen LogP contribution < -0.4 is 10.6 Å². The number of alkyl carbamates (subject to hydrolysis) is 1. The molecule has 1 aromatic heterocycles. The van der Waals surface area contributed by atoms with Crippen molar-refractivity contribution in [3.05, 3.63) is 17.5 Å². The van der Waals surface area contributed by atoms with E-state index in [9.17, 15) is 4.79 Å². The normalized spacial score (nSPS) is 21.8. The number of aromatic nitrogens is 2. The number of hydrogen-bond donors (Lipinski definition) is 2. The first-order valence-electron chi connectivity index (χ1n) is 7.45. The van der Waals surface area contributed by atoms with Gasteiger partial charge in [-0.15, -0.1) is 0 Å². The molecule has 2 N–H and O–H groups in total. The van der Waals surface area contributed by atoms with E-state index in [1.165, 1.54) is 5.56 Å². The molecule has 0 atom stereocenters. The minimum Gasteiger partial charge on any atom is -0.444 e. The molecule has 6 nitrogen and oxygen atoms in total. The van der Waals surface area contributed by atoms with Crippen LogP contribution in [-0.2, 0) is 18.3 Å². The Morgan fingerprint density at radius 1 is 1.43 bits per heavy atom. The first-order valence-corrected chi connectivity index (χ1v) is 7.45. The van der Waals surface area contributed by atoms with E-state index in [1.807, 2.05) is 45.6 Å². The molecule has 1 heterocycles. The lowest BCUT2D eigenvalue weighted by atomic mass is 9.87. The molecule has 118 valence electrons. The summed E-state index contributed by atoms with van der Waals surface area (Å²) in [5.74, 6) is 0. The van der Waals surface area contributed by atoms with Gasteiger partial charge in [-0.25, -0.2) is 4.79 Å². The number of carbonyl (C=O) groups is 1. The van der Waals surface area contributed by atoms with Crippen molar-refractivity contribution in [1.82, 2.24) is 20.4 Å². The Morgan fingerprint density at radius 3 is 2.62 bits per heavy atom.